The largest absolute Gasteiger partial charge is 0.444 e. The predicted octanol–water partition coefficient (Wildman–Crippen LogP) is 3.21. The number of alkyl carbamates (subject to hydrolysis) is 1. The summed E-state index contributed by atoms with van der Waals surface area (Å²) >= 11 is 0. The highest BCUT2D eigenvalue weighted by atomic mass is 16.6. The Morgan fingerprint density at radius 1 is 1.21 bits per heavy atom. The van der Waals surface area contributed by atoms with Gasteiger partial charge < -0.3 is 15.4 Å². The zero-order chi connectivity index (χ0) is 14.4. The second-order valence-corrected chi connectivity index (χ2v) is 6.67. The molecule has 4 nitrogen and oxygen atoms in total. The maximum absolute atomic E-state index is 12.0. The first-order chi connectivity index (χ1) is 8.87. The van der Waals surface area contributed by atoms with Crippen molar-refractivity contribution < 1.29 is 9.53 Å². The van der Waals surface area contributed by atoms with Crippen molar-refractivity contribution in [1.29, 1.82) is 0 Å². The SMILES string of the molecule is CNCCCC1(NC(=O)OC(C)(C)C)CCCCC1. The lowest BCUT2D eigenvalue weighted by Gasteiger charge is -2.38. The Labute approximate surface area is 117 Å². The molecule has 1 aliphatic carbocycles. The fourth-order valence-electron chi connectivity index (χ4n) is 2.79. The fourth-order valence-corrected chi connectivity index (χ4v) is 2.79. The first-order valence-corrected chi connectivity index (χ1v) is 7.53. The van der Waals surface area contributed by atoms with E-state index in [1.165, 1.54) is 19.3 Å². The van der Waals surface area contributed by atoms with Crippen LogP contribution < -0.4 is 10.6 Å². The molecule has 1 amide bonds. The van der Waals surface area contributed by atoms with Crippen LogP contribution in [0.1, 0.15) is 65.7 Å². The Morgan fingerprint density at radius 2 is 1.84 bits per heavy atom. The molecule has 1 saturated carbocycles. The lowest BCUT2D eigenvalue weighted by molar-refractivity contribution is 0.0414. The number of hydrogen-bond acceptors (Lipinski definition) is 3. The van der Waals surface area contributed by atoms with E-state index in [4.69, 9.17) is 4.74 Å². The average Bonchev–Trinajstić information content (AvgIpc) is 2.27. The van der Waals surface area contributed by atoms with Gasteiger partial charge in [-0.15, -0.1) is 0 Å². The van der Waals surface area contributed by atoms with E-state index in [1.54, 1.807) is 0 Å². The van der Waals surface area contributed by atoms with Gasteiger partial charge in [-0.2, -0.15) is 0 Å². The van der Waals surface area contributed by atoms with Gasteiger partial charge in [0, 0.05) is 5.54 Å². The van der Waals surface area contributed by atoms with Crippen molar-refractivity contribution in [2.24, 2.45) is 0 Å². The summed E-state index contributed by atoms with van der Waals surface area (Å²) in [7, 11) is 1.97. The molecule has 1 fully saturated rings. The van der Waals surface area contributed by atoms with Crippen molar-refractivity contribution in [3.05, 3.63) is 0 Å². The monoisotopic (exact) mass is 270 g/mol. The molecule has 0 saturated heterocycles. The quantitative estimate of drug-likeness (QED) is 0.754. The highest BCUT2D eigenvalue weighted by Crippen LogP contribution is 2.32. The minimum atomic E-state index is -0.426. The van der Waals surface area contributed by atoms with Gasteiger partial charge in [-0.3, -0.25) is 0 Å². The Bertz CT molecular complexity index is 278. The normalized spacial score (nSPS) is 18.9. The summed E-state index contributed by atoms with van der Waals surface area (Å²) in [5.41, 5.74) is -0.470. The van der Waals surface area contributed by atoms with Crippen LogP contribution in [-0.4, -0.2) is 30.8 Å². The van der Waals surface area contributed by atoms with E-state index >= 15 is 0 Å². The van der Waals surface area contributed by atoms with Crippen LogP contribution in [0.15, 0.2) is 0 Å². The Morgan fingerprint density at radius 3 is 2.37 bits per heavy atom. The van der Waals surface area contributed by atoms with Crippen LogP contribution in [0, 0.1) is 0 Å². The first kappa shape index (κ1) is 16.3. The van der Waals surface area contributed by atoms with E-state index in [1.807, 2.05) is 27.8 Å². The third kappa shape index (κ3) is 6.28. The van der Waals surface area contributed by atoms with Crippen LogP contribution in [0.5, 0.6) is 0 Å². The van der Waals surface area contributed by atoms with Crippen LogP contribution in [0.3, 0.4) is 0 Å². The molecule has 0 spiro atoms. The van der Waals surface area contributed by atoms with Gasteiger partial charge >= 0.3 is 6.09 Å². The number of carbonyl (C=O) groups excluding carboxylic acids is 1. The van der Waals surface area contributed by atoms with Gasteiger partial charge in [-0.05, 0) is 60.0 Å². The van der Waals surface area contributed by atoms with Crippen LogP contribution in [0.25, 0.3) is 0 Å². The summed E-state index contributed by atoms with van der Waals surface area (Å²) in [5.74, 6) is 0. The molecule has 2 N–H and O–H groups in total. The summed E-state index contributed by atoms with van der Waals surface area (Å²) in [4.78, 5) is 12.0. The molecular formula is C15H30N2O2. The highest BCUT2D eigenvalue weighted by molar-refractivity contribution is 5.68. The minimum Gasteiger partial charge on any atom is -0.444 e. The summed E-state index contributed by atoms with van der Waals surface area (Å²) in [6.45, 7) is 6.71. The lowest BCUT2D eigenvalue weighted by atomic mass is 9.78. The zero-order valence-electron chi connectivity index (χ0n) is 13.0. The number of nitrogens with one attached hydrogen (secondary N) is 2. The molecule has 19 heavy (non-hydrogen) atoms. The van der Waals surface area contributed by atoms with Crippen molar-refractivity contribution in [3.63, 3.8) is 0 Å². The number of amides is 1. The summed E-state index contributed by atoms with van der Waals surface area (Å²) < 4.78 is 5.41. The van der Waals surface area contributed by atoms with E-state index < -0.39 is 5.60 Å². The van der Waals surface area contributed by atoms with Gasteiger partial charge in [-0.25, -0.2) is 4.79 Å². The van der Waals surface area contributed by atoms with Crippen molar-refractivity contribution in [2.75, 3.05) is 13.6 Å². The molecule has 4 heteroatoms. The molecule has 1 aliphatic rings. The predicted molar refractivity (Wildman–Crippen MR) is 78.3 cm³/mol. The average molecular weight is 270 g/mol. The van der Waals surface area contributed by atoms with E-state index in [2.05, 4.69) is 10.6 Å². The van der Waals surface area contributed by atoms with Crippen LogP contribution in [0.4, 0.5) is 4.79 Å². The molecular weight excluding hydrogens is 240 g/mol. The summed E-state index contributed by atoms with van der Waals surface area (Å²) in [6.07, 6.45) is 7.71. The lowest BCUT2D eigenvalue weighted by Crippen LogP contribution is -2.51. The number of ether oxygens (including phenoxy) is 1. The van der Waals surface area contributed by atoms with E-state index in [0.717, 1.165) is 32.2 Å². The smallest absolute Gasteiger partial charge is 0.408 e. The third-order valence-corrected chi connectivity index (χ3v) is 3.66. The molecule has 0 aromatic rings. The molecule has 1 rings (SSSR count). The van der Waals surface area contributed by atoms with Crippen molar-refractivity contribution in [1.82, 2.24) is 10.6 Å². The second-order valence-electron chi connectivity index (χ2n) is 6.67. The van der Waals surface area contributed by atoms with Gasteiger partial charge in [0.05, 0.1) is 0 Å². The Kier molecular flexibility index (Phi) is 6.11. The standard InChI is InChI=1S/C15H30N2O2/c1-14(2,3)19-13(18)17-15(11-8-12-16-4)9-6-5-7-10-15/h16H,5-12H2,1-4H3,(H,17,18). The van der Waals surface area contributed by atoms with Gasteiger partial charge in [0.15, 0.2) is 0 Å². The Hall–Kier alpha value is -0.770. The summed E-state index contributed by atoms with van der Waals surface area (Å²) in [6, 6.07) is 0. The van der Waals surface area contributed by atoms with E-state index in [0.29, 0.717) is 0 Å². The molecule has 112 valence electrons. The maximum atomic E-state index is 12.0. The molecule has 0 aromatic heterocycles. The first-order valence-electron chi connectivity index (χ1n) is 7.53. The van der Waals surface area contributed by atoms with Crippen molar-refractivity contribution in [2.45, 2.75) is 76.9 Å². The van der Waals surface area contributed by atoms with Crippen LogP contribution in [-0.2, 0) is 4.74 Å². The molecule has 0 bridgehead atoms. The molecule has 0 unspecified atom stereocenters. The molecule has 0 radical (unpaired) electrons. The van der Waals surface area contributed by atoms with Crippen LogP contribution in [0.2, 0.25) is 0 Å². The number of rotatable bonds is 5. The highest BCUT2D eigenvalue weighted by Gasteiger charge is 2.34. The van der Waals surface area contributed by atoms with Gasteiger partial charge in [0.25, 0.3) is 0 Å². The van der Waals surface area contributed by atoms with E-state index in [-0.39, 0.29) is 11.6 Å². The number of carbonyl (C=O) groups is 1. The van der Waals surface area contributed by atoms with Crippen molar-refractivity contribution >= 4 is 6.09 Å². The zero-order valence-corrected chi connectivity index (χ0v) is 13.0. The molecule has 0 atom stereocenters. The fraction of sp³-hybridized carbons (Fsp3) is 0.933. The summed E-state index contributed by atoms with van der Waals surface area (Å²) in [5, 5.41) is 6.33. The second kappa shape index (κ2) is 7.13. The van der Waals surface area contributed by atoms with Crippen molar-refractivity contribution in [3.8, 4) is 0 Å². The molecule has 0 aliphatic heterocycles. The van der Waals surface area contributed by atoms with Gasteiger partial charge in [0.1, 0.15) is 5.60 Å². The third-order valence-electron chi connectivity index (χ3n) is 3.66. The van der Waals surface area contributed by atoms with Gasteiger partial charge in [-0.1, -0.05) is 19.3 Å². The van der Waals surface area contributed by atoms with Crippen LogP contribution >= 0.6 is 0 Å². The minimum absolute atomic E-state index is 0.0442. The van der Waals surface area contributed by atoms with E-state index in [9.17, 15) is 4.79 Å². The number of hydrogen-bond donors (Lipinski definition) is 2. The molecule has 0 aromatic carbocycles. The topological polar surface area (TPSA) is 50.4 Å². The maximum Gasteiger partial charge on any atom is 0.408 e. The molecule has 0 heterocycles. The van der Waals surface area contributed by atoms with Gasteiger partial charge in [0.2, 0.25) is 0 Å². The Balaban J connectivity index is 2.55.